The van der Waals surface area contributed by atoms with E-state index in [1.54, 1.807) is 43.3 Å². The zero-order valence-electron chi connectivity index (χ0n) is 17.7. The Morgan fingerprint density at radius 2 is 1.84 bits per heavy atom. The summed E-state index contributed by atoms with van der Waals surface area (Å²) in [5.74, 6) is -0.375. The van der Waals surface area contributed by atoms with Gasteiger partial charge in [0.15, 0.2) is 0 Å². The number of hydrogen-bond acceptors (Lipinski definition) is 4. The van der Waals surface area contributed by atoms with Crippen LogP contribution in [0.1, 0.15) is 37.7 Å². The van der Waals surface area contributed by atoms with Crippen LogP contribution < -0.4 is 9.62 Å². The third-order valence-corrected chi connectivity index (χ3v) is 7.61. The van der Waals surface area contributed by atoms with Gasteiger partial charge < -0.3 is 10.1 Å². The standard InChI is InChI=1S/C23H29ClN2O4S/c1-18-21(24)13-7-14-22(18)26(31(28,29)20-11-3-2-4-12-20)17-23(27)25-15-8-16-30-19-9-5-6-10-19/h2-4,7,11-14,19H,5-6,8-10,15-17H2,1H3,(H,25,27). The highest BCUT2D eigenvalue weighted by molar-refractivity contribution is 7.92. The maximum atomic E-state index is 13.3. The van der Waals surface area contributed by atoms with E-state index in [0.29, 0.717) is 41.9 Å². The van der Waals surface area contributed by atoms with Crippen LogP contribution in [0.25, 0.3) is 0 Å². The van der Waals surface area contributed by atoms with Gasteiger partial charge in [0, 0.05) is 18.2 Å². The summed E-state index contributed by atoms with van der Waals surface area (Å²) < 4.78 is 33.6. The molecule has 3 rings (SSSR count). The van der Waals surface area contributed by atoms with Gasteiger partial charge in [-0.1, -0.05) is 48.7 Å². The fraction of sp³-hybridized carbons (Fsp3) is 0.435. The molecule has 0 radical (unpaired) electrons. The lowest BCUT2D eigenvalue weighted by Gasteiger charge is -2.26. The van der Waals surface area contributed by atoms with Gasteiger partial charge in [0.1, 0.15) is 6.54 Å². The van der Waals surface area contributed by atoms with E-state index in [1.165, 1.54) is 25.0 Å². The Hall–Kier alpha value is -2.09. The Bertz CT molecular complexity index is 976. The number of nitrogens with zero attached hydrogens (tertiary/aromatic N) is 1. The number of carbonyl (C=O) groups excluding carboxylic acids is 1. The first-order valence-corrected chi connectivity index (χ1v) is 12.4. The van der Waals surface area contributed by atoms with Crippen LogP contribution in [-0.2, 0) is 19.6 Å². The van der Waals surface area contributed by atoms with Crippen LogP contribution in [0.2, 0.25) is 5.02 Å². The van der Waals surface area contributed by atoms with Crippen molar-refractivity contribution in [2.45, 2.75) is 50.0 Å². The Morgan fingerprint density at radius 3 is 2.55 bits per heavy atom. The van der Waals surface area contributed by atoms with Crippen molar-refractivity contribution >= 4 is 33.2 Å². The van der Waals surface area contributed by atoms with Gasteiger partial charge in [0.05, 0.1) is 16.7 Å². The van der Waals surface area contributed by atoms with Crippen molar-refractivity contribution in [3.8, 4) is 0 Å². The summed E-state index contributed by atoms with van der Waals surface area (Å²) in [4.78, 5) is 12.7. The van der Waals surface area contributed by atoms with Crippen molar-refractivity contribution in [2.75, 3.05) is 24.0 Å². The molecule has 1 aliphatic rings. The van der Waals surface area contributed by atoms with Crippen LogP contribution in [0.4, 0.5) is 5.69 Å². The number of ether oxygens (including phenoxy) is 1. The first-order valence-electron chi connectivity index (χ1n) is 10.6. The van der Waals surface area contributed by atoms with Crippen molar-refractivity contribution < 1.29 is 17.9 Å². The molecule has 1 N–H and O–H groups in total. The van der Waals surface area contributed by atoms with Gasteiger partial charge in [0.2, 0.25) is 5.91 Å². The highest BCUT2D eigenvalue weighted by Gasteiger charge is 2.28. The molecule has 2 aromatic carbocycles. The van der Waals surface area contributed by atoms with E-state index < -0.39 is 10.0 Å². The van der Waals surface area contributed by atoms with Crippen molar-refractivity contribution in [3.05, 3.63) is 59.1 Å². The molecule has 1 amide bonds. The molecule has 0 bridgehead atoms. The van der Waals surface area contributed by atoms with E-state index in [-0.39, 0.29) is 17.3 Å². The fourth-order valence-corrected chi connectivity index (χ4v) is 5.35. The van der Waals surface area contributed by atoms with Crippen LogP contribution in [0.5, 0.6) is 0 Å². The number of anilines is 1. The minimum atomic E-state index is -3.95. The number of amides is 1. The predicted octanol–water partition coefficient (Wildman–Crippen LogP) is 4.31. The normalized spacial score (nSPS) is 14.5. The van der Waals surface area contributed by atoms with E-state index in [2.05, 4.69) is 5.32 Å². The summed E-state index contributed by atoms with van der Waals surface area (Å²) in [7, 11) is -3.95. The summed E-state index contributed by atoms with van der Waals surface area (Å²) in [5.41, 5.74) is 0.984. The molecule has 2 aromatic rings. The van der Waals surface area contributed by atoms with E-state index >= 15 is 0 Å². The molecule has 6 nitrogen and oxygen atoms in total. The van der Waals surface area contributed by atoms with E-state index in [9.17, 15) is 13.2 Å². The predicted molar refractivity (Wildman–Crippen MR) is 123 cm³/mol. The van der Waals surface area contributed by atoms with E-state index in [1.807, 2.05) is 0 Å². The number of rotatable bonds is 10. The van der Waals surface area contributed by atoms with E-state index in [4.69, 9.17) is 16.3 Å². The molecule has 8 heteroatoms. The van der Waals surface area contributed by atoms with Gasteiger partial charge in [-0.2, -0.15) is 0 Å². The topological polar surface area (TPSA) is 75.7 Å². The molecule has 31 heavy (non-hydrogen) atoms. The Balaban J connectivity index is 1.68. The van der Waals surface area contributed by atoms with Crippen molar-refractivity contribution in [3.63, 3.8) is 0 Å². The van der Waals surface area contributed by atoms with Gasteiger partial charge in [-0.05, 0) is 56.0 Å². The summed E-state index contributed by atoms with van der Waals surface area (Å²) in [5, 5.41) is 3.25. The lowest BCUT2D eigenvalue weighted by Crippen LogP contribution is -2.41. The van der Waals surface area contributed by atoms with Crippen LogP contribution in [0, 0.1) is 6.92 Å². The highest BCUT2D eigenvalue weighted by Crippen LogP contribution is 2.30. The smallest absolute Gasteiger partial charge is 0.264 e. The van der Waals surface area contributed by atoms with Gasteiger partial charge >= 0.3 is 0 Å². The average Bonchev–Trinajstić information content (AvgIpc) is 3.28. The lowest BCUT2D eigenvalue weighted by atomic mass is 10.2. The zero-order chi connectivity index (χ0) is 22.3. The third kappa shape index (κ3) is 6.21. The van der Waals surface area contributed by atoms with Crippen LogP contribution in [0.15, 0.2) is 53.4 Å². The van der Waals surface area contributed by atoms with Gasteiger partial charge in [-0.3, -0.25) is 9.10 Å². The minimum Gasteiger partial charge on any atom is -0.378 e. The van der Waals surface area contributed by atoms with Crippen molar-refractivity contribution in [1.29, 1.82) is 0 Å². The lowest BCUT2D eigenvalue weighted by molar-refractivity contribution is -0.119. The zero-order valence-corrected chi connectivity index (χ0v) is 19.3. The second kappa shape index (κ2) is 11.0. The molecule has 1 aliphatic carbocycles. The van der Waals surface area contributed by atoms with Crippen molar-refractivity contribution in [1.82, 2.24) is 5.32 Å². The molecule has 0 aliphatic heterocycles. The van der Waals surface area contributed by atoms with Gasteiger partial charge in [-0.15, -0.1) is 0 Å². The molecule has 1 fully saturated rings. The summed E-state index contributed by atoms with van der Waals surface area (Å²) in [6.45, 7) is 2.43. The molecule has 1 saturated carbocycles. The third-order valence-electron chi connectivity index (χ3n) is 5.43. The van der Waals surface area contributed by atoms with Crippen LogP contribution >= 0.6 is 11.6 Å². The molecular weight excluding hydrogens is 436 g/mol. The van der Waals surface area contributed by atoms with Gasteiger partial charge in [-0.25, -0.2) is 8.42 Å². The number of benzene rings is 2. The average molecular weight is 465 g/mol. The van der Waals surface area contributed by atoms with E-state index in [0.717, 1.165) is 17.1 Å². The second-order valence-corrected chi connectivity index (χ2v) is 9.96. The van der Waals surface area contributed by atoms with Crippen LogP contribution in [-0.4, -0.2) is 40.1 Å². The molecule has 0 aromatic heterocycles. The minimum absolute atomic E-state index is 0.118. The Morgan fingerprint density at radius 1 is 1.13 bits per heavy atom. The molecule has 0 unspecified atom stereocenters. The number of halogens is 1. The van der Waals surface area contributed by atoms with Crippen molar-refractivity contribution in [2.24, 2.45) is 0 Å². The Labute approximate surface area is 189 Å². The van der Waals surface area contributed by atoms with Crippen LogP contribution in [0.3, 0.4) is 0 Å². The largest absolute Gasteiger partial charge is 0.378 e. The molecule has 0 atom stereocenters. The summed E-state index contributed by atoms with van der Waals surface area (Å²) in [6.07, 6.45) is 5.68. The summed E-state index contributed by atoms with van der Waals surface area (Å²) >= 11 is 6.23. The van der Waals surface area contributed by atoms with Gasteiger partial charge in [0.25, 0.3) is 10.0 Å². The maximum absolute atomic E-state index is 13.3. The number of nitrogens with one attached hydrogen (secondary N) is 1. The fourth-order valence-electron chi connectivity index (χ4n) is 3.68. The maximum Gasteiger partial charge on any atom is 0.264 e. The molecular formula is C23H29ClN2O4S. The molecule has 0 heterocycles. The quantitative estimate of drug-likeness (QED) is 0.531. The molecule has 0 spiro atoms. The highest BCUT2D eigenvalue weighted by atomic mass is 35.5. The SMILES string of the molecule is Cc1c(Cl)cccc1N(CC(=O)NCCCOC1CCCC1)S(=O)(=O)c1ccccc1. The molecule has 168 valence electrons. The first kappa shape index (κ1) is 23.6. The first-order chi connectivity index (χ1) is 14.9. The molecule has 0 saturated heterocycles. The number of sulfonamides is 1. The number of carbonyl (C=O) groups is 1. The second-order valence-electron chi connectivity index (χ2n) is 7.69. The Kier molecular flexibility index (Phi) is 8.35. The number of hydrogen-bond donors (Lipinski definition) is 1. The summed E-state index contributed by atoms with van der Waals surface area (Å²) in [6, 6.07) is 13.1. The monoisotopic (exact) mass is 464 g/mol.